The maximum atomic E-state index is 12.2. The van der Waals surface area contributed by atoms with Crippen molar-refractivity contribution < 1.29 is 4.79 Å². The Labute approximate surface area is 121 Å². The molecule has 0 aliphatic rings. The molecule has 0 unspecified atom stereocenters. The normalized spacial score (nSPS) is 10.3. The monoisotopic (exact) mass is 318 g/mol. The zero-order valence-electron chi connectivity index (χ0n) is 10.8. The third-order valence-electron chi connectivity index (χ3n) is 2.95. The highest BCUT2D eigenvalue weighted by molar-refractivity contribution is 9.10. The fourth-order valence-electron chi connectivity index (χ4n) is 1.92. The number of amides is 1. The molecule has 19 heavy (non-hydrogen) atoms. The van der Waals surface area contributed by atoms with Crippen molar-refractivity contribution in [2.24, 2.45) is 0 Å². The fraction of sp³-hybridized carbons (Fsp3) is 0.133. The highest BCUT2D eigenvalue weighted by Gasteiger charge is 2.12. The predicted octanol–water partition coefficient (Wildman–Crippen LogP) is 3.90. The molecule has 0 spiro atoms. The summed E-state index contributed by atoms with van der Waals surface area (Å²) in [5.74, 6) is -0.183. The lowest BCUT2D eigenvalue weighted by Gasteiger charge is -2.11. The van der Waals surface area contributed by atoms with Gasteiger partial charge in [0.2, 0.25) is 0 Å². The summed E-state index contributed by atoms with van der Waals surface area (Å²) in [4.78, 5) is 12.2. The predicted molar refractivity (Wildman–Crippen MR) is 82.4 cm³/mol. The molecule has 0 aromatic heterocycles. The highest BCUT2D eigenvalue weighted by Crippen LogP contribution is 2.22. The summed E-state index contributed by atoms with van der Waals surface area (Å²) in [5, 5.41) is 2.87. The van der Waals surface area contributed by atoms with Crippen LogP contribution in [0.4, 0.5) is 11.4 Å². The van der Waals surface area contributed by atoms with Crippen LogP contribution in [0.3, 0.4) is 0 Å². The molecule has 0 heterocycles. The van der Waals surface area contributed by atoms with Gasteiger partial charge in [-0.1, -0.05) is 28.1 Å². The van der Waals surface area contributed by atoms with E-state index in [1.807, 2.05) is 44.2 Å². The van der Waals surface area contributed by atoms with E-state index in [9.17, 15) is 4.79 Å². The first-order valence-corrected chi connectivity index (χ1v) is 6.71. The van der Waals surface area contributed by atoms with Gasteiger partial charge in [0.15, 0.2) is 0 Å². The second-order valence-corrected chi connectivity index (χ2v) is 5.31. The molecule has 4 heteroatoms. The van der Waals surface area contributed by atoms with Gasteiger partial charge in [0.05, 0.1) is 5.56 Å². The lowest BCUT2D eigenvalue weighted by Crippen LogP contribution is -2.15. The first-order valence-electron chi connectivity index (χ1n) is 5.91. The molecule has 3 N–H and O–H groups in total. The molecule has 2 rings (SSSR count). The molecule has 1 amide bonds. The molecular weight excluding hydrogens is 304 g/mol. The Morgan fingerprint density at radius 3 is 2.53 bits per heavy atom. The van der Waals surface area contributed by atoms with Crippen molar-refractivity contribution in [3.8, 4) is 0 Å². The number of hydrogen-bond donors (Lipinski definition) is 2. The summed E-state index contributed by atoms with van der Waals surface area (Å²) in [7, 11) is 0. The average Bonchev–Trinajstić information content (AvgIpc) is 2.33. The number of carbonyl (C=O) groups is 1. The standard InChI is InChI=1S/C15H15BrN2O/c1-9-4-3-5-13(17)14(9)15(19)18-11-6-7-12(16)10(2)8-11/h3-8H,17H2,1-2H3,(H,18,19). The van der Waals surface area contributed by atoms with E-state index in [4.69, 9.17) is 5.73 Å². The van der Waals surface area contributed by atoms with Crippen LogP contribution in [-0.4, -0.2) is 5.91 Å². The van der Waals surface area contributed by atoms with E-state index in [0.29, 0.717) is 11.3 Å². The van der Waals surface area contributed by atoms with E-state index in [2.05, 4.69) is 21.2 Å². The zero-order chi connectivity index (χ0) is 14.0. The van der Waals surface area contributed by atoms with E-state index in [0.717, 1.165) is 21.3 Å². The maximum absolute atomic E-state index is 12.2. The van der Waals surface area contributed by atoms with Crippen molar-refractivity contribution in [1.29, 1.82) is 0 Å². The SMILES string of the molecule is Cc1cc(NC(=O)c2c(C)cccc2N)ccc1Br. The number of nitrogen functional groups attached to an aromatic ring is 1. The van der Waals surface area contributed by atoms with E-state index in [1.54, 1.807) is 6.07 Å². The van der Waals surface area contributed by atoms with Gasteiger partial charge in [0, 0.05) is 15.8 Å². The molecule has 0 saturated carbocycles. The van der Waals surface area contributed by atoms with Crippen molar-refractivity contribution in [1.82, 2.24) is 0 Å². The van der Waals surface area contributed by atoms with Crippen LogP contribution in [0.2, 0.25) is 0 Å². The number of rotatable bonds is 2. The number of carbonyl (C=O) groups excluding carboxylic acids is 1. The Morgan fingerprint density at radius 1 is 1.16 bits per heavy atom. The van der Waals surface area contributed by atoms with Crippen molar-refractivity contribution in [3.05, 3.63) is 57.6 Å². The molecule has 0 radical (unpaired) electrons. The number of nitrogens with two attached hydrogens (primary N) is 1. The van der Waals surface area contributed by atoms with Gasteiger partial charge in [-0.05, 0) is 49.2 Å². The van der Waals surface area contributed by atoms with E-state index < -0.39 is 0 Å². The summed E-state index contributed by atoms with van der Waals surface area (Å²) in [6.45, 7) is 3.85. The molecule has 0 aliphatic carbocycles. The molecule has 2 aromatic rings. The Morgan fingerprint density at radius 2 is 1.89 bits per heavy atom. The third-order valence-corrected chi connectivity index (χ3v) is 3.84. The van der Waals surface area contributed by atoms with Crippen LogP contribution in [0.25, 0.3) is 0 Å². The minimum Gasteiger partial charge on any atom is -0.398 e. The van der Waals surface area contributed by atoms with Crippen LogP contribution in [0.1, 0.15) is 21.5 Å². The quantitative estimate of drug-likeness (QED) is 0.825. The number of hydrogen-bond acceptors (Lipinski definition) is 2. The topological polar surface area (TPSA) is 55.1 Å². The van der Waals surface area contributed by atoms with Gasteiger partial charge in [0.25, 0.3) is 5.91 Å². The fourth-order valence-corrected chi connectivity index (χ4v) is 2.16. The van der Waals surface area contributed by atoms with Gasteiger partial charge < -0.3 is 11.1 Å². The highest BCUT2D eigenvalue weighted by atomic mass is 79.9. The summed E-state index contributed by atoms with van der Waals surface area (Å²) in [5.41, 5.74) is 9.57. The molecule has 0 aliphatic heterocycles. The van der Waals surface area contributed by atoms with Gasteiger partial charge >= 0.3 is 0 Å². The van der Waals surface area contributed by atoms with Crippen molar-refractivity contribution >= 4 is 33.2 Å². The summed E-state index contributed by atoms with van der Waals surface area (Å²) >= 11 is 3.43. The number of halogens is 1. The minimum atomic E-state index is -0.183. The molecule has 0 atom stereocenters. The average molecular weight is 319 g/mol. The second-order valence-electron chi connectivity index (χ2n) is 4.46. The molecule has 98 valence electrons. The Kier molecular flexibility index (Phi) is 3.90. The van der Waals surface area contributed by atoms with Gasteiger partial charge in [-0.15, -0.1) is 0 Å². The lowest BCUT2D eigenvalue weighted by molar-refractivity contribution is 0.102. The number of benzene rings is 2. The first kappa shape index (κ1) is 13.6. The number of aryl methyl sites for hydroxylation is 2. The lowest BCUT2D eigenvalue weighted by atomic mass is 10.1. The van der Waals surface area contributed by atoms with Crippen molar-refractivity contribution in [2.45, 2.75) is 13.8 Å². The molecule has 3 nitrogen and oxygen atoms in total. The Hall–Kier alpha value is -1.81. The molecule has 0 bridgehead atoms. The zero-order valence-corrected chi connectivity index (χ0v) is 12.4. The van der Waals surface area contributed by atoms with Crippen molar-refractivity contribution in [2.75, 3.05) is 11.1 Å². The minimum absolute atomic E-state index is 0.183. The largest absolute Gasteiger partial charge is 0.398 e. The Balaban J connectivity index is 2.28. The van der Waals surface area contributed by atoms with Crippen LogP contribution in [0.5, 0.6) is 0 Å². The van der Waals surface area contributed by atoms with E-state index >= 15 is 0 Å². The first-order chi connectivity index (χ1) is 8.99. The summed E-state index contributed by atoms with van der Waals surface area (Å²) < 4.78 is 1.01. The van der Waals surface area contributed by atoms with Crippen LogP contribution in [0, 0.1) is 13.8 Å². The Bertz CT molecular complexity index is 618. The van der Waals surface area contributed by atoms with E-state index in [1.165, 1.54) is 0 Å². The number of nitrogens with one attached hydrogen (secondary N) is 1. The second kappa shape index (κ2) is 5.45. The van der Waals surface area contributed by atoms with Crippen LogP contribution >= 0.6 is 15.9 Å². The third kappa shape index (κ3) is 2.96. The smallest absolute Gasteiger partial charge is 0.258 e. The summed E-state index contributed by atoms with van der Waals surface area (Å²) in [6, 6.07) is 11.1. The molecule has 0 fully saturated rings. The maximum Gasteiger partial charge on any atom is 0.258 e. The van der Waals surface area contributed by atoms with Gasteiger partial charge in [-0.2, -0.15) is 0 Å². The molecule has 2 aromatic carbocycles. The van der Waals surface area contributed by atoms with E-state index in [-0.39, 0.29) is 5.91 Å². The van der Waals surface area contributed by atoms with Gasteiger partial charge in [-0.25, -0.2) is 0 Å². The van der Waals surface area contributed by atoms with Crippen molar-refractivity contribution in [3.63, 3.8) is 0 Å². The summed E-state index contributed by atoms with van der Waals surface area (Å²) in [6.07, 6.45) is 0. The van der Waals surface area contributed by atoms with Crippen LogP contribution in [0.15, 0.2) is 40.9 Å². The van der Waals surface area contributed by atoms with Crippen LogP contribution in [-0.2, 0) is 0 Å². The van der Waals surface area contributed by atoms with Gasteiger partial charge in [-0.3, -0.25) is 4.79 Å². The molecule has 0 saturated heterocycles. The van der Waals surface area contributed by atoms with Crippen LogP contribution < -0.4 is 11.1 Å². The molecular formula is C15H15BrN2O. The van der Waals surface area contributed by atoms with Gasteiger partial charge in [0.1, 0.15) is 0 Å². The number of anilines is 2.